The van der Waals surface area contributed by atoms with Gasteiger partial charge in [-0.2, -0.15) is 4.31 Å². The third kappa shape index (κ3) is 2.97. The molecule has 1 aliphatic heterocycles. The zero-order valence-corrected chi connectivity index (χ0v) is 13.3. The fourth-order valence-electron chi connectivity index (χ4n) is 2.69. The standard InChI is InChI=1S/C13H21N3O4S/c1-4-15-5-6-16(8-10(15)2)21(19,20)11-7-12(13(17)18)14(3)9-11/h7,9-10H,4-6,8H2,1-3H3,(H,17,18). The van der Waals surface area contributed by atoms with Crippen LogP contribution in [0.15, 0.2) is 17.2 Å². The van der Waals surface area contributed by atoms with Crippen molar-refractivity contribution >= 4 is 16.0 Å². The van der Waals surface area contributed by atoms with Crippen LogP contribution in [-0.2, 0) is 17.1 Å². The van der Waals surface area contributed by atoms with Gasteiger partial charge in [0.25, 0.3) is 0 Å². The zero-order chi connectivity index (χ0) is 15.8. The molecule has 1 saturated heterocycles. The first-order valence-electron chi connectivity index (χ1n) is 6.91. The molecule has 1 fully saturated rings. The number of piperazine rings is 1. The summed E-state index contributed by atoms with van der Waals surface area (Å²) >= 11 is 0. The fourth-order valence-corrected chi connectivity index (χ4v) is 4.27. The number of aromatic nitrogens is 1. The molecular formula is C13H21N3O4S. The summed E-state index contributed by atoms with van der Waals surface area (Å²) in [6.45, 7) is 6.49. The average Bonchev–Trinajstić information content (AvgIpc) is 2.81. The van der Waals surface area contributed by atoms with Gasteiger partial charge in [0.1, 0.15) is 10.6 Å². The third-order valence-corrected chi connectivity index (χ3v) is 5.80. The van der Waals surface area contributed by atoms with Crippen molar-refractivity contribution in [2.24, 2.45) is 7.05 Å². The van der Waals surface area contributed by atoms with E-state index in [1.807, 2.05) is 6.92 Å². The topological polar surface area (TPSA) is 82.8 Å². The maximum atomic E-state index is 12.6. The van der Waals surface area contributed by atoms with Gasteiger partial charge < -0.3 is 9.67 Å². The molecule has 118 valence electrons. The fraction of sp³-hybridized carbons (Fsp3) is 0.615. The molecule has 2 rings (SSSR count). The van der Waals surface area contributed by atoms with E-state index in [2.05, 4.69) is 11.8 Å². The molecule has 0 bridgehead atoms. The summed E-state index contributed by atoms with van der Waals surface area (Å²) in [4.78, 5) is 13.3. The van der Waals surface area contributed by atoms with E-state index in [0.29, 0.717) is 19.6 Å². The maximum absolute atomic E-state index is 12.6. The number of aryl methyl sites for hydroxylation is 1. The number of carbonyl (C=O) groups is 1. The number of likely N-dealkylation sites (N-methyl/N-ethyl adjacent to an activating group) is 1. The van der Waals surface area contributed by atoms with Gasteiger partial charge in [-0.25, -0.2) is 13.2 Å². The largest absolute Gasteiger partial charge is 0.477 e. The lowest BCUT2D eigenvalue weighted by Gasteiger charge is -2.38. The summed E-state index contributed by atoms with van der Waals surface area (Å²) < 4.78 is 28.0. The number of hydrogen-bond donors (Lipinski definition) is 1. The van der Waals surface area contributed by atoms with Crippen LogP contribution in [0, 0.1) is 0 Å². The van der Waals surface area contributed by atoms with Gasteiger partial charge in [0.05, 0.1) is 0 Å². The molecular weight excluding hydrogens is 294 g/mol. The Hall–Kier alpha value is -1.38. The Balaban J connectivity index is 2.27. The summed E-state index contributed by atoms with van der Waals surface area (Å²) in [7, 11) is -2.11. The van der Waals surface area contributed by atoms with Gasteiger partial charge in [-0.3, -0.25) is 4.90 Å². The molecule has 21 heavy (non-hydrogen) atoms. The molecule has 1 atom stereocenters. The van der Waals surface area contributed by atoms with Crippen molar-refractivity contribution in [3.05, 3.63) is 18.0 Å². The van der Waals surface area contributed by atoms with Crippen LogP contribution in [0.2, 0.25) is 0 Å². The second kappa shape index (κ2) is 5.78. The van der Waals surface area contributed by atoms with Crippen molar-refractivity contribution in [1.82, 2.24) is 13.8 Å². The maximum Gasteiger partial charge on any atom is 0.352 e. The second-order valence-electron chi connectivity index (χ2n) is 5.32. The lowest BCUT2D eigenvalue weighted by atomic mass is 10.2. The zero-order valence-electron chi connectivity index (χ0n) is 12.5. The molecule has 0 spiro atoms. The van der Waals surface area contributed by atoms with Crippen LogP contribution >= 0.6 is 0 Å². The van der Waals surface area contributed by atoms with Crippen LogP contribution in [0.5, 0.6) is 0 Å². The summed E-state index contributed by atoms with van der Waals surface area (Å²) in [6.07, 6.45) is 1.36. The van der Waals surface area contributed by atoms with E-state index in [1.54, 1.807) is 0 Å². The number of nitrogens with zero attached hydrogens (tertiary/aromatic N) is 3. The van der Waals surface area contributed by atoms with E-state index >= 15 is 0 Å². The molecule has 1 aliphatic rings. The summed E-state index contributed by atoms with van der Waals surface area (Å²) in [6, 6.07) is 1.37. The highest BCUT2D eigenvalue weighted by molar-refractivity contribution is 7.89. The summed E-state index contributed by atoms with van der Waals surface area (Å²) in [5, 5.41) is 9.03. The van der Waals surface area contributed by atoms with Crippen LogP contribution < -0.4 is 0 Å². The van der Waals surface area contributed by atoms with Crippen LogP contribution in [0.4, 0.5) is 0 Å². The summed E-state index contributed by atoms with van der Waals surface area (Å²) in [5.41, 5.74) is -0.0335. The molecule has 1 aromatic heterocycles. The van der Waals surface area contributed by atoms with Gasteiger partial charge >= 0.3 is 5.97 Å². The molecule has 2 heterocycles. The highest BCUT2D eigenvalue weighted by Crippen LogP contribution is 2.21. The van der Waals surface area contributed by atoms with E-state index in [9.17, 15) is 13.2 Å². The average molecular weight is 315 g/mol. The molecule has 0 aromatic carbocycles. The van der Waals surface area contributed by atoms with Gasteiger partial charge in [0.2, 0.25) is 10.0 Å². The van der Waals surface area contributed by atoms with Crippen molar-refractivity contribution in [1.29, 1.82) is 0 Å². The number of aromatic carboxylic acids is 1. The van der Waals surface area contributed by atoms with Gasteiger partial charge in [-0.05, 0) is 19.5 Å². The Morgan fingerprint density at radius 3 is 2.57 bits per heavy atom. The quantitative estimate of drug-likeness (QED) is 0.871. The minimum atomic E-state index is -3.64. The Morgan fingerprint density at radius 1 is 1.43 bits per heavy atom. The molecule has 1 N–H and O–H groups in total. The summed E-state index contributed by atoms with van der Waals surface area (Å²) in [5.74, 6) is -1.14. The Morgan fingerprint density at radius 2 is 2.10 bits per heavy atom. The van der Waals surface area contributed by atoms with Crippen molar-refractivity contribution in [2.45, 2.75) is 24.8 Å². The first kappa shape index (κ1) is 16.0. The lowest BCUT2D eigenvalue weighted by molar-refractivity contribution is 0.0686. The molecule has 7 nitrogen and oxygen atoms in total. The normalized spacial score (nSPS) is 21.6. The van der Waals surface area contributed by atoms with E-state index in [4.69, 9.17) is 5.11 Å². The van der Waals surface area contributed by atoms with Crippen LogP contribution in [0.3, 0.4) is 0 Å². The molecule has 0 amide bonds. The van der Waals surface area contributed by atoms with Crippen molar-refractivity contribution < 1.29 is 18.3 Å². The van der Waals surface area contributed by atoms with Crippen molar-refractivity contribution in [3.63, 3.8) is 0 Å². The van der Waals surface area contributed by atoms with Gasteiger partial charge in [-0.15, -0.1) is 0 Å². The first-order chi connectivity index (χ1) is 9.77. The SMILES string of the molecule is CCN1CCN(S(=O)(=O)c2cc(C(=O)O)n(C)c2)CC1C. The van der Waals surface area contributed by atoms with Gasteiger partial charge in [-0.1, -0.05) is 6.92 Å². The Kier molecular flexibility index (Phi) is 4.40. The Labute approximate surface area is 124 Å². The predicted molar refractivity (Wildman–Crippen MR) is 77.8 cm³/mol. The molecule has 0 saturated carbocycles. The Bertz CT molecular complexity index is 638. The highest BCUT2D eigenvalue weighted by Gasteiger charge is 2.32. The second-order valence-corrected chi connectivity index (χ2v) is 7.26. The molecule has 1 unspecified atom stereocenters. The van der Waals surface area contributed by atoms with Crippen LogP contribution in [0.25, 0.3) is 0 Å². The minimum Gasteiger partial charge on any atom is -0.477 e. The lowest BCUT2D eigenvalue weighted by Crippen LogP contribution is -2.53. The molecule has 0 radical (unpaired) electrons. The molecule has 8 heteroatoms. The van der Waals surface area contributed by atoms with E-state index in [0.717, 1.165) is 6.54 Å². The smallest absolute Gasteiger partial charge is 0.352 e. The number of carboxylic acids is 1. The predicted octanol–water partition coefficient (Wildman–Crippen LogP) is 0.438. The van der Waals surface area contributed by atoms with Crippen molar-refractivity contribution in [3.8, 4) is 0 Å². The van der Waals surface area contributed by atoms with Gasteiger partial charge in [0, 0.05) is 38.9 Å². The number of rotatable bonds is 4. The molecule has 0 aliphatic carbocycles. The number of hydrogen-bond acceptors (Lipinski definition) is 4. The number of sulfonamides is 1. The first-order valence-corrected chi connectivity index (χ1v) is 8.35. The number of carboxylic acid groups (broad SMARTS) is 1. The van der Waals surface area contributed by atoms with E-state index in [1.165, 1.54) is 28.2 Å². The van der Waals surface area contributed by atoms with Crippen LogP contribution in [-0.4, -0.2) is 65.5 Å². The van der Waals surface area contributed by atoms with Crippen molar-refractivity contribution in [2.75, 3.05) is 26.2 Å². The minimum absolute atomic E-state index is 0.0335. The monoisotopic (exact) mass is 315 g/mol. The van der Waals surface area contributed by atoms with Crippen LogP contribution in [0.1, 0.15) is 24.3 Å². The van der Waals surface area contributed by atoms with E-state index < -0.39 is 16.0 Å². The van der Waals surface area contributed by atoms with Gasteiger partial charge in [0.15, 0.2) is 0 Å². The van der Waals surface area contributed by atoms with E-state index in [-0.39, 0.29) is 16.6 Å². The third-order valence-electron chi connectivity index (χ3n) is 3.97. The highest BCUT2D eigenvalue weighted by atomic mass is 32.2. The molecule has 1 aromatic rings.